The summed E-state index contributed by atoms with van der Waals surface area (Å²) in [4.78, 5) is 11.4. The third-order valence-electron chi connectivity index (χ3n) is 3.32. The molecule has 1 N–H and O–H groups in total. The Hall–Kier alpha value is -2.18. The summed E-state index contributed by atoms with van der Waals surface area (Å²) in [6.07, 6.45) is -0.818. The summed E-state index contributed by atoms with van der Waals surface area (Å²) in [7, 11) is -3.83. The first-order valence-corrected chi connectivity index (χ1v) is 8.63. The number of ketones is 1. The molecule has 0 aliphatic carbocycles. The average Bonchev–Trinajstić information content (AvgIpc) is 2.53. The van der Waals surface area contributed by atoms with E-state index < -0.39 is 16.1 Å². The first-order chi connectivity index (χ1) is 10.8. The molecule has 1 unspecified atom stereocenters. The van der Waals surface area contributed by atoms with Crippen LogP contribution in [0, 0.1) is 0 Å². The van der Waals surface area contributed by atoms with Crippen LogP contribution in [0.15, 0.2) is 59.5 Å². The number of Topliss-reactive ketones (excluding diaryl/α,β-unsaturated/α-hetero) is 1. The van der Waals surface area contributed by atoms with Crippen molar-refractivity contribution in [1.82, 2.24) is 0 Å². The summed E-state index contributed by atoms with van der Waals surface area (Å²) in [6.45, 7) is 2.90. The first-order valence-electron chi connectivity index (χ1n) is 7.19. The smallest absolute Gasteiger partial charge is 0.264 e. The maximum absolute atomic E-state index is 12.9. The number of carbonyl (C=O) groups excluding carboxylic acids is 1. The number of anilines is 1. The van der Waals surface area contributed by atoms with Crippen molar-refractivity contribution in [3.05, 3.63) is 60.2 Å². The third-order valence-corrected chi connectivity index (χ3v) is 5.13. The van der Waals surface area contributed by atoms with Gasteiger partial charge in [-0.2, -0.15) is 0 Å². The summed E-state index contributed by atoms with van der Waals surface area (Å²) in [5.41, 5.74) is 0.926. The van der Waals surface area contributed by atoms with E-state index in [0.29, 0.717) is 11.3 Å². The fourth-order valence-electron chi connectivity index (χ4n) is 2.17. The average molecular weight is 333 g/mol. The predicted octanol–water partition coefficient (Wildman–Crippen LogP) is 2.47. The van der Waals surface area contributed by atoms with E-state index in [4.69, 9.17) is 0 Å². The topological polar surface area (TPSA) is 74.7 Å². The lowest BCUT2D eigenvalue weighted by molar-refractivity contribution is 0.101. The number of benzene rings is 2. The predicted molar refractivity (Wildman–Crippen MR) is 89.1 cm³/mol. The van der Waals surface area contributed by atoms with Gasteiger partial charge in [0.25, 0.3) is 10.0 Å². The van der Waals surface area contributed by atoms with Crippen LogP contribution in [0.2, 0.25) is 0 Å². The second-order valence-electron chi connectivity index (χ2n) is 5.30. The molecule has 0 saturated carbocycles. The van der Waals surface area contributed by atoms with Gasteiger partial charge in [0.15, 0.2) is 5.78 Å². The number of rotatable bonds is 6. The summed E-state index contributed by atoms with van der Waals surface area (Å²) >= 11 is 0. The van der Waals surface area contributed by atoms with Crippen molar-refractivity contribution >= 4 is 21.5 Å². The van der Waals surface area contributed by atoms with Gasteiger partial charge in [-0.15, -0.1) is 0 Å². The normalized spacial score (nSPS) is 12.7. The highest BCUT2D eigenvalue weighted by Crippen LogP contribution is 2.24. The van der Waals surface area contributed by atoms with Crippen LogP contribution < -0.4 is 4.31 Å². The zero-order valence-corrected chi connectivity index (χ0v) is 13.8. The van der Waals surface area contributed by atoms with Gasteiger partial charge >= 0.3 is 0 Å². The Bertz CT molecular complexity index is 768. The van der Waals surface area contributed by atoms with Crippen LogP contribution in [0.3, 0.4) is 0 Å². The molecule has 6 heteroatoms. The highest BCUT2D eigenvalue weighted by molar-refractivity contribution is 7.92. The Morgan fingerprint density at radius 1 is 1.09 bits per heavy atom. The van der Waals surface area contributed by atoms with Crippen LogP contribution in [0.4, 0.5) is 5.69 Å². The Kier molecular flexibility index (Phi) is 5.18. The van der Waals surface area contributed by atoms with Gasteiger partial charge in [-0.05, 0) is 38.1 Å². The number of hydrogen-bond donors (Lipinski definition) is 1. The Labute approximate surface area is 136 Å². The van der Waals surface area contributed by atoms with Gasteiger partial charge in [0.1, 0.15) is 0 Å². The Morgan fingerprint density at radius 3 is 2.13 bits per heavy atom. The SMILES string of the molecule is CC(=O)c1ccc(S(=O)(=O)N(CC(C)O)c2ccccc2)cc1. The second-order valence-corrected chi connectivity index (χ2v) is 7.16. The Morgan fingerprint density at radius 2 is 1.65 bits per heavy atom. The number of hydrogen-bond acceptors (Lipinski definition) is 4. The van der Waals surface area contributed by atoms with Crippen molar-refractivity contribution < 1.29 is 18.3 Å². The molecule has 0 heterocycles. The standard InChI is InChI=1S/C17H19NO4S/c1-13(19)12-18(16-6-4-3-5-7-16)23(21,22)17-10-8-15(9-11-17)14(2)20/h3-11,13,19H,12H2,1-2H3. The zero-order valence-electron chi connectivity index (χ0n) is 13.0. The van der Waals surface area contributed by atoms with E-state index >= 15 is 0 Å². The van der Waals surface area contributed by atoms with Crippen molar-refractivity contribution in [1.29, 1.82) is 0 Å². The molecule has 0 amide bonds. The molecule has 0 radical (unpaired) electrons. The summed E-state index contributed by atoms with van der Waals surface area (Å²) in [5.74, 6) is -0.127. The fraction of sp³-hybridized carbons (Fsp3) is 0.235. The number of nitrogens with zero attached hydrogens (tertiary/aromatic N) is 1. The number of carbonyl (C=O) groups is 1. The molecule has 0 aromatic heterocycles. The van der Waals surface area contributed by atoms with Crippen LogP contribution in [-0.2, 0) is 10.0 Å². The fourth-order valence-corrected chi connectivity index (χ4v) is 3.71. The van der Waals surface area contributed by atoms with Gasteiger partial charge in [0, 0.05) is 5.56 Å². The first kappa shape index (κ1) is 17.2. The molecule has 0 aliphatic rings. The number of sulfonamides is 1. The molecule has 0 aliphatic heterocycles. The van der Waals surface area contributed by atoms with Crippen molar-refractivity contribution in [3.8, 4) is 0 Å². The van der Waals surface area contributed by atoms with Gasteiger partial charge in [-0.3, -0.25) is 9.10 Å². The van der Waals surface area contributed by atoms with Gasteiger partial charge in [-0.1, -0.05) is 30.3 Å². The largest absolute Gasteiger partial charge is 0.392 e. The minimum atomic E-state index is -3.83. The molecule has 0 bridgehead atoms. The van der Waals surface area contributed by atoms with Crippen molar-refractivity contribution in [2.75, 3.05) is 10.8 Å². The molecule has 0 saturated heterocycles. The lowest BCUT2D eigenvalue weighted by atomic mass is 10.2. The number of para-hydroxylation sites is 1. The molecule has 2 aromatic rings. The Balaban J connectivity index is 2.45. The highest BCUT2D eigenvalue weighted by Gasteiger charge is 2.26. The van der Waals surface area contributed by atoms with E-state index in [1.54, 1.807) is 30.3 Å². The van der Waals surface area contributed by atoms with E-state index in [1.165, 1.54) is 42.4 Å². The van der Waals surface area contributed by atoms with Crippen LogP contribution in [-0.4, -0.2) is 32.0 Å². The minimum Gasteiger partial charge on any atom is -0.392 e. The van der Waals surface area contributed by atoms with Crippen molar-refractivity contribution in [3.63, 3.8) is 0 Å². The quantitative estimate of drug-likeness (QED) is 0.824. The maximum atomic E-state index is 12.9. The third kappa shape index (κ3) is 3.97. The van der Waals surface area contributed by atoms with Crippen molar-refractivity contribution in [2.24, 2.45) is 0 Å². The zero-order chi connectivity index (χ0) is 17.0. The molecule has 2 aromatic carbocycles. The molecular formula is C17H19NO4S. The molecule has 122 valence electrons. The summed E-state index contributed by atoms with van der Waals surface area (Å²) < 4.78 is 26.9. The molecule has 2 rings (SSSR count). The van der Waals surface area contributed by atoms with Crippen LogP contribution in [0.5, 0.6) is 0 Å². The molecule has 0 spiro atoms. The molecule has 1 atom stereocenters. The summed E-state index contributed by atoms with van der Waals surface area (Å²) in [5, 5.41) is 9.66. The van der Waals surface area contributed by atoms with E-state index in [0.717, 1.165) is 0 Å². The van der Waals surface area contributed by atoms with Gasteiger partial charge in [-0.25, -0.2) is 8.42 Å². The van der Waals surface area contributed by atoms with Crippen LogP contribution >= 0.6 is 0 Å². The van der Waals surface area contributed by atoms with Gasteiger partial charge < -0.3 is 5.11 Å². The minimum absolute atomic E-state index is 0.0548. The summed E-state index contributed by atoms with van der Waals surface area (Å²) in [6, 6.07) is 14.4. The maximum Gasteiger partial charge on any atom is 0.264 e. The number of aliphatic hydroxyl groups is 1. The monoisotopic (exact) mass is 333 g/mol. The molecule has 0 fully saturated rings. The van der Waals surface area contributed by atoms with Crippen LogP contribution in [0.1, 0.15) is 24.2 Å². The van der Waals surface area contributed by atoms with E-state index in [2.05, 4.69) is 0 Å². The van der Waals surface area contributed by atoms with E-state index in [9.17, 15) is 18.3 Å². The second kappa shape index (κ2) is 6.93. The lowest BCUT2D eigenvalue weighted by Crippen LogP contribution is -2.36. The highest BCUT2D eigenvalue weighted by atomic mass is 32.2. The van der Waals surface area contributed by atoms with Crippen LogP contribution in [0.25, 0.3) is 0 Å². The lowest BCUT2D eigenvalue weighted by Gasteiger charge is -2.25. The van der Waals surface area contributed by atoms with E-state index in [1.807, 2.05) is 0 Å². The number of aliphatic hydroxyl groups excluding tert-OH is 1. The van der Waals surface area contributed by atoms with Crippen molar-refractivity contribution in [2.45, 2.75) is 24.8 Å². The van der Waals surface area contributed by atoms with Gasteiger partial charge in [0.05, 0.1) is 23.2 Å². The van der Waals surface area contributed by atoms with E-state index in [-0.39, 0.29) is 17.2 Å². The van der Waals surface area contributed by atoms with Gasteiger partial charge in [0.2, 0.25) is 0 Å². The molecule has 5 nitrogen and oxygen atoms in total. The molecule has 23 heavy (non-hydrogen) atoms. The molecular weight excluding hydrogens is 314 g/mol.